The van der Waals surface area contributed by atoms with Gasteiger partial charge in [-0.1, -0.05) is 12.1 Å². The van der Waals surface area contributed by atoms with E-state index in [0.29, 0.717) is 35.8 Å². The molecule has 0 radical (unpaired) electrons. The van der Waals surface area contributed by atoms with Gasteiger partial charge in [-0.15, -0.1) is 0 Å². The molecule has 3 aromatic rings. The van der Waals surface area contributed by atoms with Crippen molar-refractivity contribution in [2.75, 3.05) is 51.6 Å². The van der Waals surface area contributed by atoms with E-state index in [1.165, 1.54) is 0 Å². The Bertz CT molecular complexity index is 1020. The highest BCUT2D eigenvalue weighted by atomic mass is 16.5. The van der Waals surface area contributed by atoms with Gasteiger partial charge in [-0.25, -0.2) is 0 Å². The van der Waals surface area contributed by atoms with Crippen LogP contribution in [0.2, 0.25) is 0 Å². The quantitative estimate of drug-likeness (QED) is 0.412. The van der Waals surface area contributed by atoms with Crippen molar-refractivity contribution < 1.29 is 23.8 Å². The van der Waals surface area contributed by atoms with Crippen LogP contribution >= 0.6 is 0 Å². The van der Waals surface area contributed by atoms with Crippen LogP contribution in [-0.4, -0.2) is 57.7 Å². The fourth-order valence-corrected chi connectivity index (χ4v) is 3.45. The van der Waals surface area contributed by atoms with E-state index in [4.69, 9.17) is 14.2 Å². The molecule has 0 fully saturated rings. The van der Waals surface area contributed by atoms with E-state index in [-0.39, 0.29) is 24.9 Å². The number of carbonyl (C=O) groups excluding carboxylic acids is 2. The van der Waals surface area contributed by atoms with Crippen LogP contribution in [0.25, 0.3) is 0 Å². The molecule has 2 amide bonds. The summed E-state index contributed by atoms with van der Waals surface area (Å²) in [6.07, 6.45) is 0.676. The minimum Gasteiger partial charge on any atom is -0.497 e. The van der Waals surface area contributed by atoms with Crippen molar-refractivity contribution in [3.63, 3.8) is 0 Å². The van der Waals surface area contributed by atoms with Crippen LogP contribution in [0.5, 0.6) is 17.2 Å². The van der Waals surface area contributed by atoms with Gasteiger partial charge >= 0.3 is 0 Å². The first-order chi connectivity index (χ1) is 17.0. The van der Waals surface area contributed by atoms with Crippen molar-refractivity contribution in [3.8, 4) is 17.2 Å². The van der Waals surface area contributed by atoms with E-state index in [1.54, 1.807) is 69.9 Å². The van der Waals surface area contributed by atoms with E-state index >= 15 is 0 Å². The summed E-state index contributed by atoms with van der Waals surface area (Å²) in [5, 5.41) is 5.75. The lowest BCUT2D eigenvalue weighted by molar-refractivity contribution is -0.120. The van der Waals surface area contributed by atoms with Gasteiger partial charge in [0, 0.05) is 17.9 Å². The van der Waals surface area contributed by atoms with Crippen LogP contribution < -0.4 is 24.8 Å². The monoisotopic (exact) mass is 477 g/mol. The number of benzene rings is 3. The van der Waals surface area contributed by atoms with Crippen molar-refractivity contribution in [3.05, 3.63) is 78.4 Å². The van der Waals surface area contributed by atoms with Crippen LogP contribution in [0.15, 0.2) is 72.8 Å². The van der Waals surface area contributed by atoms with Gasteiger partial charge < -0.3 is 24.8 Å². The number of hydrogen-bond donors (Lipinski definition) is 2. The van der Waals surface area contributed by atoms with Crippen molar-refractivity contribution in [2.24, 2.45) is 0 Å². The summed E-state index contributed by atoms with van der Waals surface area (Å²) >= 11 is 0. The number of hydrogen-bond acceptors (Lipinski definition) is 6. The van der Waals surface area contributed by atoms with Crippen molar-refractivity contribution in [2.45, 2.75) is 6.42 Å². The second kappa shape index (κ2) is 13.0. The Balaban J connectivity index is 1.62. The van der Waals surface area contributed by atoms with Gasteiger partial charge in [-0.3, -0.25) is 14.5 Å². The maximum Gasteiger partial charge on any atom is 0.238 e. The van der Waals surface area contributed by atoms with Crippen LogP contribution in [0, 0.1) is 0 Å². The Morgan fingerprint density at radius 1 is 0.629 bits per heavy atom. The minimum absolute atomic E-state index is 0.0677. The number of rotatable bonds is 12. The van der Waals surface area contributed by atoms with Crippen molar-refractivity contribution in [1.82, 2.24) is 4.90 Å². The fourth-order valence-electron chi connectivity index (χ4n) is 3.45. The number of ether oxygens (including phenoxy) is 3. The number of carbonyl (C=O) groups is 2. The maximum atomic E-state index is 12.7. The Hall–Kier alpha value is -4.04. The minimum atomic E-state index is -0.206. The first-order valence-corrected chi connectivity index (χ1v) is 11.2. The average molecular weight is 478 g/mol. The molecule has 0 atom stereocenters. The lowest BCUT2D eigenvalue weighted by Gasteiger charge is -2.21. The third kappa shape index (κ3) is 8.35. The Kier molecular flexibility index (Phi) is 9.50. The third-order valence-corrected chi connectivity index (χ3v) is 5.36. The topological polar surface area (TPSA) is 89.1 Å². The lowest BCUT2D eigenvalue weighted by atomic mass is 10.1. The normalized spacial score (nSPS) is 10.5. The summed E-state index contributed by atoms with van der Waals surface area (Å²) in [6, 6.07) is 21.9. The Labute approximate surface area is 205 Å². The molecule has 0 bridgehead atoms. The predicted molar refractivity (Wildman–Crippen MR) is 136 cm³/mol. The number of nitrogens with zero attached hydrogens (tertiary/aromatic N) is 1. The van der Waals surface area contributed by atoms with E-state index < -0.39 is 0 Å². The van der Waals surface area contributed by atoms with Crippen LogP contribution in [0.4, 0.5) is 11.4 Å². The maximum absolute atomic E-state index is 12.7. The average Bonchev–Trinajstić information content (AvgIpc) is 2.88. The predicted octanol–water partition coefficient (Wildman–Crippen LogP) is 3.83. The SMILES string of the molecule is COc1ccc(CCN(CC(=O)Nc2ccc(OC)cc2)CC(=O)Nc2ccc(OC)cc2)cc1. The molecule has 0 spiro atoms. The zero-order valence-corrected chi connectivity index (χ0v) is 20.2. The van der Waals surface area contributed by atoms with Crippen molar-refractivity contribution >= 4 is 23.2 Å². The molecule has 184 valence electrons. The van der Waals surface area contributed by atoms with Gasteiger partial charge in [0.2, 0.25) is 11.8 Å². The molecule has 8 nitrogen and oxygen atoms in total. The molecule has 3 rings (SSSR count). The van der Waals surface area contributed by atoms with Gasteiger partial charge in [0.25, 0.3) is 0 Å². The first-order valence-electron chi connectivity index (χ1n) is 11.2. The van der Waals surface area contributed by atoms with E-state index in [0.717, 1.165) is 11.3 Å². The zero-order chi connectivity index (χ0) is 25.0. The Morgan fingerprint density at radius 2 is 1.00 bits per heavy atom. The molecule has 35 heavy (non-hydrogen) atoms. The second-order valence-corrected chi connectivity index (χ2v) is 7.86. The summed E-state index contributed by atoms with van der Waals surface area (Å²) in [4.78, 5) is 27.3. The van der Waals surface area contributed by atoms with Gasteiger partial charge in [0.05, 0.1) is 34.4 Å². The number of anilines is 2. The summed E-state index contributed by atoms with van der Waals surface area (Å²) in [5.74, 6) is 1.78. The van der Waals surface area contributed by atoms with Gasteiger partial charge in [-0.05, 0) is 72.6 Å². The fraction of sp³-hybridized carbons (Fsp3) is 0.259. The highest BCUT2D eigenvalue weighted by Crippen LogP contribution is 2.17. The largest absolute Gasteiger partial charge is 0.497 e. The summed E-state index contributed by atoms with van der Waals surface area (Å²) in [5.41, 5.74) is 2.41. The molecule has 0 saturated carbocycles. The highest BCUT2D eigenvalue weighted by Gasteiger charge is 2.16. The van der Waals surface area contributed by atoms with Crippen LogP contribution in [0.3, 0.4) is 0 Å². The molecule has 0 aliphatic rings. The number of methoxy groups -OCH3 is 3. The lowest BCUT2D eigenvalue weighted by Crippen LogP contribution is -2.40. The molecule has 0 saturated heterocycles. The molecule has 3 aromatic carbocycles. The third-order valence-electron chi connectivity index (χ3n) is 5.36. The number of amides is 2. The molecule has 0 aliphatic heterocycles. The summed E-state index contributed by atoms with van der Waals surface area (Å²) in [7, 11) is 4.80. The molecule has 2 N–H and O–H groups in total. The van der Waals surface area contributed by atoms with E-state index in [1.807, 2.05) is 29.2 Å². The van der Waals surface area contributed by atoms with E-state index in [2.05, 4.69) is 10.6 Å². The molecule has 0 aromatic heterocycles. The smallest absolute Gasteiger partial charge is 0.238 e. The Morgan fingerprint density at radius 3 is 1.37 bits per heavy atom. The molecule has 8 heteroatoms. The molecule has 0 aliphatic carbocycles. The highest BCUT2D eigenvalue weighted by molar-refractivity contribution is 5.94. The first kappa shape index (κ1) is 25.6. The van der Waals surface area contributed by atoms with Gasteiger partial charge in [0.15, 0.2) is 0 Å². The standard InChI is InChI=1S/C27H31N3O5/c1-33-23-10-4-20(5-11-23)16-17-30(18-26(31)28-21-6-12-24(34-2)13-7-21)19-27(32)29-22-8-14-25(35-3)15-9-22/h4-15H,16-19H2,1-3H3,(H,28,31)(H,29,32). The summed E-state index contributed by atoms with van der Waals surface area (Å²) < 4.78 is 15.5. The molecular weight excluding hydrogens is 446 g/mol. The van der Waals surface area contributed by atoms with Crippen molar-refractivity contribution in [1.29, 1.82) is 0 Å². The summed E-state index contributed by atoms with van der Waals surface area (Å²) in [6.45, 7) is 0.662. The molecule has 0 heterocycles. The molecule has 0 unspecified atom stereocenters. The number of nitrogens with one attached hydrogen (secondary N) is 2. The van der Waals surface area contributed by atoms with Gasteiger partial charge in [0.1, 0.15) is 17.2 Å². The van der Waals surface area contributed by atoms with E-state index in [9.17, 15) is 9.59 Å². The van der Waals surface area contributed by atoms with Crippen LogP contribution in [0.1, 0.15) is 5.56 Å². The zero-order valence-electron chi connectivity index (χ0n) is 20.2. The van der Waals surface area contributed by atoms with Gasteiger partial charge in [-0.2, -0.15) is 0 Å². The second-order valence-electron chi connectivity index (χ2n) is 7.86. The van der Waals surface area contributed by atoms with Crippen LogP contribution in [-0.2, 0) is 16.0 Å². The molecular formula is C27H31N3O5.